The lowest BCUT2D eigenvalue weighted by molar-refractivity contribution is -0.338. The van der Waals surface area contributed by atoms with Crippen molar-refractivity contribution in [2.75, 3.05) is 13.2 Å². The first-order valence-corrected chi connectivity index (χ1v) is 32.7. The zero-order chi connectivity index (χ0) is 57.6. The van der Waals surface area contributed by atoms with Gasteiger partial charge in [-0.05, 0) is 12.8 Å². The van der Waals surface area contributed by atoms with E-state index in [1.165, 1.54) is 161 Å². The Bertz CT molecular complexity index is 1490. The third-order valence-electron chi connectivity index (χ3n) is 16.0. The fourth-order valence-corrected chi connectivity index (χ4v) is 11.7. The van der Waals surface area contributed by atoms with Crippen molar-refractivity contribution in [2.45, 2.75) is 350 Å². The number of ether oxygens (including phenoxy) is 2. The van der Waals surface area contributed by atoms with Gasteiger partial charge < -0.3 is 75.9 Å². The quantitative estimate of drug-likeness (QED) is 0.0206. The molecule has 13 N–H and O–H groups in total. The summed E-state index contributed by atoms with van der Waals surface area (Å²) in [4.78, 5) is 24.4. The first kappa shape index (κ1) is 73.2. The number of hydrogen-bond acceptors (Lipinski definition) is 17. The maximum atomic E-state index is 13.6. The number of carbonyl (C=O) groups excluding carboxylic acids is 1. The Morgan fingerprint density at radius 2 is 0.833 bits per heavy atom. The van der Waals surface area contributed by atoms with Crippen LogP contribution in [0.25, 0.3) is 0 Å². The molecule has 0 aromatic rings. The van der Waals surface area contributed by atoms with E-state index in [9.17, 15) is 70.4 Å². The van der Waals surface area contributed by atoms with E-state index in [0.29, 0.717) is 12.8 Å². The number of unbranched alkanes of at least 4 members (excludes halogenated alkanes) is 34. The average Bonchev–Trinajstić information content (AvgIpc) is 3.47. The first-order valence-electron chi connectivity index (χ1n) is 31.2. The molecule has 4 unspecified atom stereocenters. The van der Waals surface area contributed by atoms with E-state index in [4.69, 9.17) is 18.5 Å². The molecule has 19 nitrogen and oxygen atoms in total. The second-order valence-corrected chi connectivity index (χ2v) is 24.3. The highest BCUT2D eigenvalue weighted by molar-refractivity contribution is 7.47. The van der Waals surface area contributed by atoms with Gasteiger partial charge in [0.05, 0.1) is 25.4 Å². The van der Waals surface area contributed by atoms with E-state index in [0.717, 1.165) is 57.8 Å². The summed E-state index contributed by atoms with van der Waals surface area (Å²) in [5.41, 5.74) is 0. The fourth-order valence-electron chi connectivity index (χ4n) is 10.7. The molecule has 2 aliphatic rings. The zero-order valence-electron chi connectivity index (χ0n) is 48.2. The molecule has 464 valence electrons. The highest BCUT2D eigenvalue weighted by Crippen LogP contribution is 2.48. The molecule has 2 fully saturated rings. The van der Waals surface area contributed by atoms with E-state index in [2.05, 4.69) is 19.2 Å². The monoisotopic (exact) mass is 1140 g/mol. The van der Waals surface area contributed by atoms with Crippen molar-refractivity contribution < 1.29 is 88.9 Å². The number of amides is 1. The largest absolute Gasteiger partial charge is 0.472 e. The van der Waals surface area contributed by atoms with Gasteiger partial charge in [-0.3, -0.25) is 13.8 Å². The molecule has 16 atom stereocenters. The van der Waals surface area contributed by atoms with Gasteiger partial charge in [0, 0.05) is 0 Å². The van der Waals surface area contributed by atoms with Gasteiger partial charge in [-0.15, -0.1) is 0 Å². The van der Waals surface area contributed by atoms with Crippen LogP contribution in [-0.2, 0) is 27.9 Å². The van der Waals surface area contributed by atoms with Crippen molar-refractivity contribution in [3.8, 4) is 0 Å². The van der Waals surface area contributed by atoms with Crippen molar-refractivity contribution in [3.05, 3.63) is 0 Å². The predicted octanol–water partition coefficient (Wildman–Crippen LogP) is 7.56. The van der Waals surface area contributed by atoms with E-state index < -0.39 is 119 Å². The molecule has 1 aliphatic carbocycles. The van der Waals surface area contributed by atoms with Crippen LogP contribution >= 0.6 is 7.82 Å². The number of nitrogens with one attached hydrogen (secondary N) is 1. The SMILES string of the molecule is CCCCCCCCCCCCCCCCCCCCCCCCC(O)C(=O)N[C@@H](COP(=O)(O)O[C@@H]1[C@H](O)[C@H](O)[C@@H](O)[C@H](O)[C@H]1OC1O[C@H](CO)[C@@H](O)[C@H](O)[C@@H]1O)[C@H](O)C(O)CCCCCCCCCCCCCCCC. The number of carbonyl (C=O) groups is 1. The van der Waals surface area contributed by atoms with Crippen LogP contribution in [0.5, 0.6) is 0 Å². The molecular weight excluding hydrogens is 1030 g/mol. The van der Waals surface area contributed by atoms with Gasteiger partial charge in [0.1, 0.15) is 73.2 Å². The molecule has 0 aromatic carbocycles. The van der Waals surface area contributed by atoms with E-state index >= 15 is 0 Å². The topological polar surface area (TPSA) is 326 Å². The normalized spacial score (nSPS) is 27.1. The number of hydrogen-bond donors (Lipinski definition) is 13. The van der Waals surface area contributed by atoms with Gasteiger partial charge >= 0.3 is 7.82 Å². The van der Waals surface area contributed by atoms with Gasteiger partial charge in [-0.25, -0.2) is 4.57 Å². The van der Waals surface area contributed by atoms with Crippen LogP contribution in [0.2, 0.25) is 0 Å². The Labute approximate surface area is 469 Å². The lowest BCUT2D eigenvalue weighted by Crippen LogP contribution is -2.67. The molecule has 0 radical (unpaired) electrons. The molecule has 1 heterocycles. The molecule has 1 aliphatic heterocycles. The smallest absolute Gasteiger partial charge is 0.394 e. The molecule has 20 heteroatoms. The number of rotatable bonds is 50. The molecule has 0 aromatic heterocycles. The maximum absolute atomic E-state index is 13.6. The van der Waals surface area contributed by atoms with Crippen LogP contribution in [0, 0.1) is 0 Å². The lowest BCUT2D eigenvalue weighted by atomic mass is 9.84. The molecule has 78 heavy (non-hydrogen) atoms. The minimum Gasteiger partial charge on any atom is -0.394 e. The maximum Gasteiger partial charge on any atom is 0.472 e. The number of aliphatic hydroxyl groups excluding tert-OH is 11. The zero-order valence-corrected chi connectivity index (χ0v) is 49.1. The summed E-state index contributed by atoms with van der Waals surface area (Å²) in [6.45, 7) is 2.62. The van der Waals surface area contributed by atoms with Crippen LogP contribution in [0.3, 0.4) is 0 Å². The fraction of sp³-hybridized carbons (Fsp3) is 0.983. The summed E-state index contributed by atoms with van der Waals surface area (Å²) in [5, 5.41) is 119. The molecule has 0 bridgehead atoms. The van der Waals surface area contributed by atoms with E-state index in [1.807, 2.05) is 0 Å². The van der Waals surface area contributed by atoms with Crippen LogP contribution in [0.15, 0.2) is 0 Å². The molecule has 1 amide bonds. The van der Waals surface area contributed by atoms with E-state index in [1.54, 1.807) is 0 Å². The Balaban J connectivity index is 1.89. The van der Waals surface area contributed by atoms with Crippen LogP contribution < -0.4 is 5.32 Å². The number of phosphoric acid groups is 1. The van der Waals surface area contributed by atoms with Gasteiger partial charge in [0.25, 0.3) is 0 Å². The van der Waals surface area contributed by atoms with Crippen LogP contribution in [0.4, 0.5) is 0 Å². The van der Waals surface area contributed by atoms with Gasteiger partial charge in [0.15, 0.2) is 6.29 Å². The molecular formula is C58H114NO18P. The van der Waals surface area contributed by atoms with Crippen LogP contribution in [-0.4, -0.2) is 172 Å². The Morgan fingerprint density at radius 3 is 1.22 bits per heavy atom. The van der Waals surface area contributed by atoms with Gasteiger partial charge in [0.2, 0.25) is 5.91 Å². The second kappa shape index (κ2) is 44.6. The van der Waals surface area contributed by atoms with Crippen molar-refractivity contribution in [1.29, 1.82) is 0 Å². The van der Waals surface area contributed by atoms with Crippen molar-refractivity contribution in [3.63, 3.8) is 0 Å². The number of aliphatic hydroxyl groups is 11. The predicted molar refractivity (Wildman–Crippen MR) is 300 cm³/mol. The van der Waals surface area contributed by atoms with Gasteiger partial charge in [-0.2, -0.15) is 0 Å². The summed E-state index contributed by atoms with van der Waals surface area (Å²) in [7, 11) is -5.50. The average molecular weight is 1140 g/mol. The molecule has 0 spiro atoms. The summed E-state index contributed by atoms with van der Waals surface area (Å²) in [6, 6.07) is -1.59. The van der Waals surface area contributed by atoms with E-state index in [-0.39, 0.29) is 12.8 Å². The second-order valence-electron chi connectivity index (χ2n) is 22.9. The van der Waals surface area contributed by atoms with Crippen molar-refractivity contribution in [1.82, 2.24) is 5.32 Å². The Hall–Kier alpha value is -0.940. The highest BCUT2D eigenvalue weighted by atomic mass is 31.2. The minimum absolute atomic E-state index is 0.101. The van der Waals surface area contributed by atoms with Gasteiger partial charge in [-0.1, -0.05) is 245 Å². The van der Waals surface area contributed by atoms with Crippen molar-refractivity contribution >= 4 is 13.7 Å². The third kappa shape index (κ3) is 30.6. The molecule has 1 saturated heterocycles. The molecule has 1 saturated carbocycles. The lowest BCUT2D eigenvalue weighted by Gasteiger charge is -2.47. The van der Waals surface area contributed by atoms with Crippen molar-refractivity contribution in [2.24, 2.45) is 0 Å². The summed E-state index contributed by atoms with van der Waals surface area (Å²) >= 11 is 0. The highest BCUT2D eigenvalue weighted by Gasteiger charge is 2.55. The first-order chi connectivity index (χ1) is 37.5. The molecule has 2 rings (SSSR count). The minimum atomic E-state index is -5.50. The summed E-state index contributed by atoms with van der Waals surface area (Å²) < 4.78 is 34.8. The Kier molecular flexibility index (Phi) is 41.8. The standard InChI is InChI=1S/C58H114NO18P/c1-3-5-7-9-11-13-15-17-19-20-21-22-23-24-25-26-28-30-32-34-36-38-40-45(62)57(71)59-43(47(63)44(61)39-37-35-33-31-29-27-18-16-14-12-10-8-6-4-2)42-74-78(72,73)77-56-53(69)51(67)50(66)52(68)55(56)76-58-54(70)49(65)48(64)46(41-60)75-58/h43-56,58,60-70H,3-42H2,1-2H3,(H,59,71)(H,72,73)/t43-,44?,45?,46+,47-,48+,49-,50+,51+,52-,53+,54-,55+,56+,58?/m0/s1. The summed E-state index contributed by atoms with van der Waals surface area (Å²) in [6.07, 6.45) is 15.9. The Morgan fingerprint density at radius 1 is 0.487 bits per heavy atom. The van der Waals surface area contributed by atoms with Crippen LogP contribution in [0.1, 0.15) is 258 Å². The number of phosphoric ester groups is 1. The third-order valence-corrected chi connectivity index (χ3v) is 17.0. The summed E-state index contributed by atoms with van der Waals surface area (Å²) in [5.74, 6) is -0.917.